The summed E-state index contributed by atoms with van der Waals surface area (Å²) in [6, 6.07) is 0. The molecule has 0 unspecified atom stereocenters. The van der Waals surface area contributed by atoms with E-state index in [1.807, 2.05) is 0 Å². The molecule has 5 heteroatoms. The third kappa shape index (κ3) is 6.43. The van der Waals surface area contributed by atoms with Gasteiger partial charge in [0.1, 0.15) is 0 Å². The Hall–Kier alpha value is -0.320. The Morgan fingerprint density at radius 1 is 1.09 bits per heavy atom. The lowest BCUT2D eigenvalue weighted by atomic mass is 9.78. The van der Waals surface area contributed by atoms with Crippen molar-refractivity contribution in [3.05, 3.63) is 0 Å². The lowest BCUT2D eigenvalue weighted by Crippen LogP contribution is -2.51. The minimum absolute atomic E-state index is 0. The Balaban J connectivity index is 0.00000441. The fourth-order valence-electron chi connectivity index (χ4n) is 2.75. The van der Waals surface area contributed by atoms with E-state index in [2.05, 4.69) is 32.6 Å². The number of nitrogens with zero attached hydrogens (tertiary/aromatic N) is 1. The zero-order valence-corrected chi connectivity index (χ0v) is 15.6. The average molecular weight is 335 g/mol. The lowest BCUT2D eigenvalue weighted by Gasteiger charge is -2.39. The van der Waals surface area contributed by atoms with Gasteiger partial charge in [-0.25, -0.2) is 0 Å². The number of ether oxygens (including phenoxy) is 1. The molecule has 0 aromatic carbocycles. The second-order valence-corrected chi connectivity index (χ2v) is 7.25. The molecule has 132 valence electrons. The number of hydrogen-bond donors (Lipinski definition) is 1. The highest BCUT2D eigenvalue weighted by Crippen LogP contribution is 2.32. The topological polar surface area (TPSA) is 55.6 Å². The fourth-order valence-corrected chi connectivity index (χ4v) is 2.75. The molecule has 4 nitrogen and oxygen atoms in total. The summed E-state index contributed by atoms with van der Waals surface area (Å²) in [5.74, 6) is 1.49. The van der Waals surface area contributed by atoms with Gasteiger partial charge in [0.25, 0.3) is 0 Å². The smallest absolute Gasteiger partial charge is 0.230 e. The van der Waals surface area contributed by atoms with Gasteiger partial charge in [0.15, 0.2) is 0 Å². The standard InChI is InChI=1S/C17H34N2O2.ClH/c1-14(2)5-9-19(10-6-15(3)4)16(20)17(13-18)7-11-21-12-8-17;/h14-15H,5-13,18H2,1-4H3;1H. The molecule has 1 fully saturated rings. The summed E-state index contributed by atoms with van der Waals surface area (Å²) in [7, 11) is 0. The van der Waals surface area contributed by atoms with Crippen LogP contribution in [0.1, 0.15) is 53.4 Å². The molecule has 1 rings (SSSR count). The quantitative estimate of drug-likeness (QED) is 0.742. The van der Waals surface area contributed by atoms with E-state index in [0.29, 0.717) is 31.6 Å². The van der Waals surface area contributed by atoms with Gasteiger partial charge in [-0.05, 0) is 37.5 Å². The molecular weight excluding hydrogens is 300 g/mol. The van der Waals surface area contributed by atoms with Gasteiger partial charge >= 0.3 is 0 Å². The molecule has 22 heavy (non-hydrogen) atoms. The third-order valence-electron chi connectivity index (χ3n) is 4.53. The monoisotopic (exact) mass is 334 g/mol. The Morgan fingerprint density at radius 2 is 1.55 bits per heavy atom. The van der Waals surface area contributed by atoms with Crippen LogP contribution in [-0.4, -0.2) is 43.7 Å². The third-order valence-corrected chi connectivity index (χ3v) is 4.53. The number of carbonyl (C=O) groups is 1. The average Bonchev–Trinajstić information content (AvgIpc) is 2.47. The summed E-state index contributed by atoms with van der Waals surface area (Å²) in [5.41, 5.74) is 5.60. The summed E-state index contributed by atoms with van der Waals surface area (Å²) >= 11 is 0. The van der Waals surface area contributed by atoms with Crippen molar-refractivity contribution in [2.75, 3.05) is 32.8 Å². The van der Waals surface area contributed by atoms with E-state index in [0.717, 1.165) is 38.8 Å². The highest BCUT2D eigenvalue weighted by Gasteiger charge is 2.41. The number of hydrogen-bond acceptors (Lipinski definition) is 3. The Morgan fingerprint density at radius 3 is 1.91 bits per heavy atom. The summed E-state index contributed by atoms with van der Waals surface area (Å²) in [4.78, 5) is 15.1. The molecule has 0 spiro atoms. The zero-order chi connectivity index (χ0) is 15.9. The van der Waals surface area contributed by atoms with Crippen molar-refractivity contribution in [1.82, 2.24) is 4.90 Å². The van der Waals surface area contributed by atoms with E-state index in [4.69, 9.17) is 10.5 Å². The minimum Gasteiger partial charge on any atom is -0.381 e. The van der Waals surface area contributed by atoms with Gasteiger partial charge < -0.3 is 15.4 Å². The summed E-state index contributed by atoms with van der Waals surface area (Å²) in [5, 5.41) is 0. The van der Waals surface area contributed by atoms with Crippen LogP contribution in [0.15, 0.2) is 0 Å². The molecule has 1 saturated heterocycles. The number of amides is 1. The Kier molecular flexibility index (Phi) is 10.3. The molecule has 0 bridgehead atoms. The predicted molar refractivity (Wildman–Crippen MR) is 94.3 cm³/mol. The summed E-state index contributed by atoms with van der Waals surface area (Å²) in [6.07, 6.45) is 3.65. The van der Waals surface area contributed by atoms with Crippen LogP contribution in [-0.2, 0) is 9.53 Å². The maximum atomic E-state index is 13.1. The normalized spacial score (nSPS) is 17.4. The molecular formula is C17H35ClN2O2. The molecule has 0 atom stereocenters. The van der Waals surface area contributed by atoms with Crippen molar-refractivity contribution in [3.8, 4) is 0 Å². The molecule has 1 heterocycles. The van der Waals surface area contributed by atoms with Crippen molar-refractivity contribution >= 4 is 18.3 Å². The molecule has 0 aromatic heterocycles. The van der Waals surface area contributed by atoms with Crippen molar-refractivity contribution in [2.45, 2.75) is 53.4 Å². The molecule has 0 radical (unpaired) electrons. The first-order valence-corrected chi connectivity index (χ1v) is 8.48. The van der Waals surface area contributed by atoms with E-state index in [1.54, 1.807) is 0 Å². The van der Waals surface area contributed by atoms with Crippen LogP contribution in [0.5, 0.6) is 0 Å². The van der Waals surface area contributed by atoms with Crippen LogP contribution < -0.4 is 5.73 Å². The largest absolute Gasteiger partial charge is 0.381 e. The second kappa shape index (κ2) is 10.5. The Labute approximate surface area is 142 Å². The molecule has 0 aliphatic carbocycles. The van der Waals surface area contributed by atoms with Crippen molar-refractivity contribution in [2.24, 2.45) is 23.0 Å². The first-order valence-electron chi connectivity index (χ1n) is 8.48. The molecule has 1 amide bonds. The summed E-state index contributed by atoms with van der Waals surface area (Å²) < 4.78 is 5.43. The Bertz CT molecular complexity index is 304. The van der Waals surface area contributed by atoms with E-state index >= 15 is 0 Å². The van der Waals surface area contributed by atoms with Crippen LogP contribution in [0.25, 0.3) is 0 Å². The van der Waals surface area contributed by atoms with Crippen LogP contribution in [0.2, 0.25) is 0 Å². The fraction of sp³-hybridized carbons (Fsp3) is 0.941. The SMILES string of the molecule is CC(C)CCN(CCC(C)C)C(=O)C1(CN)CCOCC1.Cl. The number of rotatable bonds is 8. The van der Waals surface area contributed by atoms with Gasteiger partial charge in [-0.3, -0.25) is 4.79 Å². The van der Waals surface area contributed by atoms with Crippen molar-refractivity contribution in [3.63, 3.8) is 0 Å². The first kappa shape index (κ1) is 21.7. The van der Waals surface area contributed by atoms with E-state index in [9.17, 15) is 4.79 Å². The van der Waals surface area contributed by atoms with Crippen LogP contribution in [0.4, 0.5) is 0 Å². The zero-order valence-electron chi connectivity index (χ0n) is 14.8. The first-order chi connectivity index (χ1) is 9.91. The van der Waals surface area contributed by atoms with Crippen LogP contribution >= 0.6 is 12.4 Å². The van der Waals surface area contributed by atoms with Gasteiger partial charge in [-0.15, -0.1) is 12.4 Å². The van der Waals surface area contributed by atoms with Gasteiger partial charge in [0.2, 0.25) is 5.91 Å². The minimum atomic E-state index is -0.383. The van der Waals surface area contributed by atoms with E-state index < -0.39 is 0 Å². The molecule has 0 saturated carbocycles. The molecule has 1 aliphatic heterocycles. The van der Waals surface area contributed by atoms with E-state index in [-0.39, 0.29) is 23.7 Å². The number of carbonyl (C=O) groups excluding carboxylic acids is 1. The van der Waals surface area contributed by atoms with Gasteiger partial charge in [-0.1, -0.05) is 27.7 Å². The van der Waals surface area contributed by atoms with Crippen LogP contribution in [0.3, 0.4) is 0 Å². The molecule has 0 aromatic rings. The maximum Gasteiger partial charge on any atom is 0.230 e. The van der Waals surface area contributed by atoms with Gasteiger partial charge in [0, 0.05) is 32.8 Å². The van der Waals surface area contributed by atoms with Crippen LogP contribution in [0, 0.1) is 17.3 Å². The van der Waals surface area contributed by atoms with Crippen molar-refractivity contribution < 1.29 is 9.53 Å². The highest BCUT2D eigenvalue weighted by molar-refractivity contribution is 5.85. The second-order valence-electron chi connectivity index (χ2n) is 7.25. The predicted octanol–water partition coefficient (Wildman–Crippen LogP) is 3.08. The number of halogens is 1. The maximum absolute atomic E-state index is 13.1. The molecule has 2 N–H and O–H groups in total. The van der Waals surface area contributed by atoms with Gasteiger partial charge in [-0.2, -0.15) is 0 Å². The highest BCUT2D eigenvalue weighted by atomic mass is 35.5. The van der Waals surface area contributed by atoms with Crippen molar-refractivity contribution in [1.29, 1.82) is 0 Å². The molecule has 1 aliphatic rings. The lowest BCUT2D eigenvalue weighted by molar-refractivity contribution is -0.147. The van der Waals surface area contributed by atoms with E-state index in [1.165, 1.54) is 0 Å². The summed E-state index contributed by atoms with van der Waals surface area (Å²) in [6.45, 7) is 12.3. The number of nitrogens with two attached hydrogens (primary N) is 1. The van der Waals surface area contributed by atoms with Gasteiger partial charge in [0.05, 0.1) is 5.41 Å².